The smallest absolute Gasteiger partial charge is 0.119 e. The van der Waals surface area contributed by atoms with Crippen molar-refractivity contribution in [3.63, 3.8) is 0 Å². The van der Waals surface area contributed by atoms with Crippen molar-refractivity contribution in [2.75, 3.05) is 19.8 Å². The van der Waals surface area contributed by atoms with Crippen molar-refractivity contribution in [2.45, 2.75) is 12.8 Å². The van der Waals surface area contributed by atoms with E-state index < -0.39 is 0 Å². The molecule has 2 nitrogen and oxygen atoms in total. The van der Waals surface area contributed by atoms with Gasteiger partial charge in [-0.2, -0.15) is 0 Å². The second kappa shape index (κ2) is 6.68. The summed E-state index contributed by atoms with van der Waals surface area (Å²) in [6.45, 7) is 3.92. The Morgan fingerprint density at radius 2 is 1.86 bits per heavy atom. The van der Waals surface area contributed by atoms with Crippen LogP contribution in [0, 0.1) is 0 Å². The SMILES string of the molecule is CCOCCOc1ccc(CCl)cc1. The van der Waals surface area contributed by atoms with Gasteiger partial charge in [0, 0.05) is 12.5 Å². The third-order valence-corrected chi connectivity index (χ3v) is 2.09. The van der Waals surface area contributed by atoms with Crippen LogP contribution in [0.25, 0.3) is 0 Å². The maximum absolute atomic E-state index is 5.66. The van der Waals surface area contributed by atoms with Crippen molar-refractivity contribution < 1.29 is 9.47 Å². The Hall–Kier alpha value is -0.730. The Kier molecular flexibility index (Phi) is 5.42. The van der Waals surface area contributed by atoms with Gasteiger partial charge in [0.15, 0.2) is 0 Å². The second-order valence-corrected chi connectivity index (χ2v) is 3.09. The zero-order valence-electron chi connectivity index (χ0n) is 8.33. The van der Waals surface area contributed by atoms with Crippen LogP contribution in [0.5, 0.6) is 5.75 Å². The lowest BCUT2D eigenvalue weighted by Crippen LogP contribution is -2.06. The highest BCUT2D eigenvalue weighted by Crippen LogP contribution is 2.13. The van der Waals surface area contributed by atoms with E-state index in [1.165, 1.54) is 0 Å². The minimum Gasteiger partial charge on any atom is -0.491 e. The molecule has 1 aromatic carbocycles. The zero-order chi connectivity index (χ0) is 10.2. The third kappa shape index (κ3) is 3.99. The highest BCUT2D eigenvalue weighted by Gasteiger charge is 1.94. The van der Waals surface area contributed by atoms with Crippen LogP contribution in [-0.4, -0.2) is 19.8 Å². The molecule has 0 saturated heterocycles. The van der Waals surface area contributed by atoms with E-state index in [0.29, 0.717) is 19.1 Å². The molecule has 0 aromatic heterocycles. The average Bonchev–Trinajstić information content (AvgIpc) is 2.25. The number of alkyl halides is 1. The van der Waals surface area contributed by atoms with Crippen molar-refractivity contribution in [2.24, 2.45) is 0 Å². The highest BCUT2D eigenvalue weighted by molar-refractivity contribution is 6.17. The van der Waals surface area contributed by atoms with Crippen LogP contribution in [0.3, 0.4) is 0 Å². The fraction of sp³-hybridized carbons (Fsp3) is 0.455. The summed E-state index contributed by atoms with van der Waals surface area (Å²) in [5, 5.41) is 0. The third-order valence-electron chi connectivity index (χ3n) is 1.78. The van der Waals surface area contributed by atoms with Gasteiger partial charge in [0.2, 0.25) is 0 Å². The van der Waals surface area contributed by atoms with Crippen molar-refractivity contribution in [1.29, 1.82) is 0 Å². The average molecular weight is 215 g/mol. The Balaban J connectivity index is 2.29. The molecular formula is C11H15ClO2. The Morgan fingerprint density at radius 1 is 1.14 bits per heavy atom. The molecule has 0 radical (unpaired) electrons. The van der Waals surface area contributed by atoms with Gasteiger partial charge in [-0.25, -0.2) is 0 Å². The predicted octanol–water partition coefficient (Wildman–Crippen LogP) is 2.84. The number of hydrogen-bond donors (Lipinski definition) is 0. The van der Waals surface area contributed by atoms with Crippen LogP contribution in [0.4, 0.5) is 0 Å². The molecule has 0 fully saturated rings. The highest BCUT2D eigenvalue weighted by atomic mass is 35.5. The monoisotopic (exact) mass is 214 g/mol. The van der Waals surface area contributed by atoms with Gasteiger partial charge in [0.25, 0.3) is 0 Å². The molecule has 0 atom stereocenters. The topological polar surface area (TPSA) is 18.5 Å². The minimum atomic E-state index is 0.541. The van der Waals surface area contributed by atoms with Crippen molar-refractivity contribution in [3.8, 4) is 5.75 Å². The fourth-order valence-corrected chi connectivity index (χ4v) is 1.22. The zero-order valence-corrected chi connectivity index (χ0v) is 9.09. The maximum atomic E-state index is 5.66. The molecular weight excluding hydrogens is 200 g/mol. The van der Waals surface area contributed by atoms with Crippen LogP contribution in [0.15, 0.2) is 24.3 Å². The lowest BCUT2D eigenvalue weighted by atomic mass is 10.2. The molecule has 0 saturated carbocycles. The molecule has 0 bridgehead atoms. The molecule has 0 N–H and O–H groups in total. The van der Waals surface area contributed by atoms with E-state index in [0.717, 1.165) is 17.9 Å². The lowest BCUT2D eigenvalue weighted by molar-refractivity contribution is 0.110. The van der Waals surface area contributed by atoms with Gasteiger partial charge in [0.05, 0.1) is 6.61 Å². The van der Waals surface area contributed by atoms with Gasteiger partial charge in [-0.15, -0.1) is 11.6 Å². The Bertz CT molecular complexity index is 246. The number of halogens is 1. The number of hydrogen-bond acceptors (Lipinski definition) is 2. The van der Waals surface area contributed by atoms with Gasteiger partial charge in [0.1, 0.15) is 12.4 Å². The Labute approximate surface area is 89.8 Å². The first-order valence-electron chi connectivity index (χ1n) is 4.72. The van der Waals surface area contributed by atoms with Crippen molar-refractivity contribution in [3.05, 3.63) is 29.8 Å². The molecule has 1 rings (SSSR count). The maximum Gasteiger partial charge on any atom is 0.119 e. The molecule has 78 valence electrons. The summed E-state index contributed by atoms with van der Waals surface area (Å²) in [6.07, 6.45) is 0. The molecule has 0 aliphatic rings. The van der Waals surface area contributed by atoms with Gasteiger partial charge in [-0.3, -0.25) is 0 Å². The quantitative estimate of drug-likeness (QED) is 0.536. The number of rotatable bonds is 6. The first-order valence-corrected chi connectivity index (χ1v) is 5.25. The van der Waals surface area contributed by atoms with Crippen LogP contribution in [0.1, 0.15) is 12.5 Å². The molecule has 0 spiro atoms. The summed E-state index contributed by atoms with van der Waals surface area (Å²) in [4.78, 5) is 0. The second-order valence-electron chi connectivity index (χ2n) is 2.82. The van der Waals surface area contributed by atoms with Crippen LogP contribution < -0.4 is 4.74 Å². The minimum absolute atomic E-state index is 0.541. The predicted molar refractivity (Wildman–Crippen MR) is 58.0 cm³/mol. The number of ether oxygens (including phenoxy) is 2. The van der Waals surface area contributed by atoms with Crippen LogP contribution in [0.2, 0.25) is 0 Å². The summed E-state index contributed by atoms with van der Waals surface area (Å²) < 4.78 is 10.6. The Morgan fingerprint density at radius 3 is 2.43 bits per heavy atom. The van der Waals surface area contributed by atoms with Crippen molar-refractivity contribution >= 4 is 11.6 Å². The molecule has 0 unspecified atom stereocenters. The van der Waals surface area contributed by atoms with E-state index in [2.05, 4.69) is 0 Å². The van der Waals surface area contributed by atoms with E-state index in [1.807, 2.05) is 31.2 Å². The fourth-order valence-electron chi connectivity index (χ4n) is 1.04. The van der Waals surface area contributed by atoms with E-state index in [-0.39, 0.29) is 0 Å². The van der Waals surface area contributed by atoms with Gasteiger partial charge in [-0.1, -0.05) is 12.1 Å². The summed E-state index contributed by atoms with van der Waals surface area (Å²) in [7, 11) is 0. The first kappa shape index (κ1) is 11.3. The summed E-state index contributed by atoms with van der Waals surface area (Å²) in [6, 6.07) is 7.76. The molecule has 3 heteroatoms. The molecule has 0 aliphatic heterocycles. The molecule has 14 heavy (non-hydrogen) atoms. The summed E-state index contributed by atoms with van der Waals surface area (Å²) >= 11 is 5.66. The van der Waals surface area contributed by atoms with E-state index >= 15 is 0 Å². The molecule has 0 heterocycles. The van der Waals surface area contributed by atoms with Gasteiger partial charge in [-0.05, 0) is 24.6 Å². The van der Waals surface area contributed by atoms with E-state index in [1.54, 1.807) is 0 Å². The van der Waals surface area contributed by atoms with Crippen molar-refractivity contribution in [1.82, 2.24) is 0 Å². The van der Waals surface area contributed by atoms with E-state index in [9.17, 15) is 0 Å². The molecule has 1 aromatic rings. The summed E-state index contributed by atoms with van der Waals surface area (Å²) in [5.74, 6) is 1.40. The standard InChI is InChI=1S/C11H15ClO2/c1-2-13-7-8-14-11-5-3-10(9-12)4-6-11/h3-6H,2,7-9H2,1H3. The van der Waals surface area contributed by atoms with E-state index in [4.69, 9.17) is 21.1 Å². The van der Waals surface area contributed by atoms with Crippen LogP contribution in [-0.2, 0) is 10.6 Å². The first-order chi connectivity index (χ1) is 6.86. The normalized spacial score (nSPS) is 10.1. The lowest BCUT2D eigenvalue weighted by Gasteiger charge is -2.06. The van der Waals surface area contributed by atoms with Gasteiger partial charge < -0.3 is 9.47 Å². The van der Waals surface area contributed by atoms with Gasteiger partial charge >= 0.3 is 0 Å². The summed E-state index contributed by atoms with van der Waals surface area (Å²) in [5.41, 5.74) is 1.10. The van der Waals surface area contributed by atoms with Crippen LogP contribution >= 0.6 is 11.6 Å². The molecule has 0 amide bonds. The number of benzene rings is 1. The largest absolute Gasteiger partial charge is 0.491 e. The molecule has 0 aliphatic carbocycles.